The van der Waals surface area contributed by atoms with Gasteiger partial charge in [0.1, 0.15) is 12.1 Å². The predicted octanol–water partition coefficient (Wildman–Crippen LogP) is 4.47. The molecule has 2 aliphatic carbocycles. The first-order valence-electron chi connectivity index (χ1n) is 12.8. The number of rotatable bonds is 8. The lowest BCUT2D eigenvalue weighted by atomic mass is 9.96. The van der Waals surface area contributed by atoms with Crippen LogP contribution in [0.2, 0.25) is 0 Å². The van der Waals surface area contributed by atoms with E-state index in [-0.39, 0.29) is 11.8 Å². The van der Waals surface area contributed by atoms with Crippen molar-refractivity contribution in [3.05, 3.63) is 41.1 Å². The van der Waals surface area contributed by atoms with E-state index in [0.29, 0.717) is 12.1 Å². The molecule has 1 aliphatic heterocycles. The summed E-state index contributed by atoms with van der Waals surface area (Å²) in [6.07, 6.45) is 7.57. The number of aryl methyl sites for hydroxylation is 1. The standard InChI is InChI=1S/C28H36N4O2/c1-4-32(28(34)22-7-8-22)26-15-23(14-24(18-33)20(26)3)25-16-29-27(13-19(25)2)31-11-9-30(10-12-31)17-21-5-6-21/h13-16,18,21-22H,4-12,17H2,1-3H3. The van der Waals surface area contributed by atoms with Crippen LogP contribution >= 0.6 is 0 Å². The van der Waals surface area contributed by atoms with Crippen LogP contribution in [0.5, 0.6) is 0 Å². The minimum Gasteiger partial charge on any atom is -0.354 e. The quantitative estimate of drug-likeness (QED) is 0.544. The van der Waals surface area contributed by atoms with Crippen molar-refractivity contribution >= 4 is 23.7 Å². The Kier molecular flexibility index (Phi) is 6.43. The van der Waals surface area contributed by atoms with Crippen LogP contribution < -0.4 is 9.80 Å². The van der Waals surface area contributed by atoms with E-state index >= 15 is 0 Å². The first-order valence-corrected chi connectivity index (χ1v) is 12.8. The Morgan fingerprint density at radius 3 is 2.41 bits per heavy atom. The fourth-order valence-electron chi connectivity index (χ4n) is 5.12. The van der Waals surface area contributed by atoms with Gasteiger partial charge in [0.25, 0.3) is 0 Å². The molecule has 3 aliphatic rings. The molecule has 2 saturated carbocycles. The molecular formula is C28H36N4O2. The van der Waals surface area contributed by atoms with Gasteiger partial charge in [0.2, 0.25) is 5.91 Å². The zero-order valence-electron chi connectivity index (χ0n) is 20.7. The molecule has 6 nitrogen and oxygen atoms in total. The second-order valence-corrected chi connectivity index (χ2v) is 10.3. The highest BCUT2D eigenvalue weighted by molar-refractivity contribution is 5.99. The third-order valence-corrected chi connectivity index (χ3v) is 7.66. The molecule has 0 bridgehead atoms. The highest BCUT2D eigenvalue weighted by atomic mass is 16.2. The number of amides is 1. The number of carbonyl (C=O) groups excluding carboxylic acids is 2. The monoisotopic (exact) mass is 460 g/mol. The molecule has 0 N–H and O–H groups in total. The van der Waals surface area contributed by atoms with Crippen LogP contribution in [-0.2, 0) is 4.79 Å². The molecule has 2 aromatic rings. The van der Waals surface area contributed by atoms with Gasteiger partial charge in [-0.15, -0.1) is 0 Å². The first kappa shape index (κ1) is 23.0. The van der Waals surface area contributed by atoms with Gasteiger partial charge in [0.05, 0.1) is 0 Å². The van der Waals surface area contributed by atoms with Crippen molar-refractivity contribution in [2.45, 2.75) is 46.5 Å². The molecule has 180 valence electrons. The van der Waals surface area contributed by atoms with Gasteiger partial charge >= 0.3 is 0 Å². The normalized spacial score (nSPS) is 18.7. The van der Waals surface area contributed by atoms with Gasteiger partial charge in [-0.25, -0.2) is 4.98 Å². The molecule has 6 heteroatoms. The molecule has 1 aromatic carbocycles. The Balaban J connectivity index is 1.39. The van der Waals surface area contributed by atoms with Gasteiger partial charge in [-0.1, -0.05) is 0 Å². The summed E-state index contributed by atoms with van der Waals surface area (Å²) in [6.45, 7) is 12.1. The van der Waals surface area contributed by atoms with Gasteiger partial charge in [0, 0.05) is 68.2 Å². The number of pyridine rings is 1. The maximum absolute atomic E-state index is 12.9. The zero-order valence-corrected chi connectivity index (χ0v) is 20.7. The fraction of sp³-hybridized carbons (Fsp3) is 0.536. The Bertz CT molecular complexity index is 1080. The maximum atomic E-state index is 12.9. The molecular weight excluding hydrogens is 424 g/mol. The molecule has 3 fully saturated rings. The van der Waals surface area contributed by atoms with E-state index in [9.17, 15) is 9.59 Å². The van der Waals surface area contributed by atoms with Crippen molar-refractivity contribution in [2.75, 3.05) is 49.1 Å². The fourth-order valence-corrected chi connectivity index (χ4v) is 5.12. The van der Waals surface area contributed by atoms with Gasteiger partial charge in [-0.2, -0.15) is 0 Å². The molecule has 1 amide bonds. The minimum atomic E-state index is 0.134. The number of carbonyl (C=O) groups is 2. The van der Waals surface area contributed by atoms with Crippen LogP contribution in [0.15, 0.2) is 24.4 Å². The molecule has 1 saturated heterocycles. The number of nitrogens with zero attached hydrogens (tertiary/aromatic N) is 4. The Labute approximate surface area is 202 Å². The molecule has 0 atom stereocenters. The Morgan fingerprint density at radius 2 is 1.82 bits per heavy atom. The summed E-state index contributed by atoms with van der Waals surface area (Å²) in [6, 6.07) is 6.16. The van der Waals surface area contributed by atoms with Crippen molar-refractivity contribution in [2.24, 2.45) is 11.8 Å². The molecule has 0 radical (unpaired) electrons. The number of benzene rings is 1. The molecule has 0 unspecified atom stereocenters. The second kappa shape index (κ2) is 9.49. The zero-order chi connectivity index (χ0) is 23.8. The maximum Gasteiger partial charge on any atom is 0.230 e. The van der Waals surface area contributed by atoms with Crippen molar-refractivity contribution < 1.29 is 9.59 Å². The van der Waals surface area contributed by atoms with Crippen LogP contribution in [-0.4, -0.2) is 61.3 Å². The summed E-state index contributed by atoms with van der Waals surface area (Å²) < 4.78 is 0. The summed E-state index contributed by atoms with van der Waals surface area (Å²) in [5.74, 6) is 2.26. The summed E-state index contributed by atoms with van der Waals surface area (Å²) in [7, 11) is 0. The smallest absolute Gasteiger partial charge is 0.230 e. The number of piperazine rings is 1. The van der Waals surface area contributed by atoms with Gasteiger partial charge in [0.15, 0.2) is 0 Å². The molecule has 0 spiro atoms. The highest BCUT2D eigenvalue weighted by Crippen LogP contribution is 2.37. The lowest BCUT2D eigenvalue weighted by Gasteiger charge is -2.35. The number of aromatic nitrogens is 1. The second-order valence-electron chi connectivity index (χ2n) is 10.3. The van der Waals surface area contributed by atoms with E-state index in [1.165, 1.54) is 19.4 Å². The summed E-state index contributed by atoms with van der Waals surface area (Å²) in [5.41, 5.74) is 5.42. The average Bonchev–Trinajstić information content (AvgIpc) is 3.76. The van der Waals surface area contributed by atoms with Crippen molar-refractivity contribution in [1.29, 1.82) is 0 Å². The van der Waals surface area contributed by atoms with Crippen LogP contribution in [0.4, 0.5) is 11.5 Å². The largest absolute Gasteiger partial charge is 0.354 e. The van der Waals surface area contributed by atoms with E-state index in [0.717, 1.165) is 85.0 Å². The molecule has 5 rings (SSSR count). The SMILES string of the molecule is CCN(C(=O)C1CC1)c1cc(-c2cnc(N3CCN(CC4CC4)CC3)cc2C)cc(C=O)c1C. The third kappa shape index (κ3) is 4.74. The third-order valence-electron chi connectivity index (χ3n) is 7.66. The molecule has 2 heterocycles. The minimum absolute atomic E-state index is 0.134. The average molecular weight is 461 g/mol. The van der Waals surface area contributed by atoms with Crippen molar-refractivity contribution in [1.82, 2.24) is 9.88 Å². The van der Waals surface area contributed by atoms with Gasteiger partial charge in [-0.05, 0) is 87.3 Å². The molecule has 1 aromatic heterocycles. The van der Waals surface area contributed by atoms with Crippen molar-refractivity contribution in [3.63, 3.8) is 0 Å². The van der Waals surface area contributed by atoms with Crippen molar-refractivity contribution in [3.8, 4) is 11.1 Å². The lowest BCUT2D eigenvalue weighted by Crippen LogP contribution is -2.47. The number of hydrogen-bond donors (Lipinski definition) is 0. The first-order chi connectivity index (χ1) is 16.5. The van der Waals surface area contributed by atoms with E-state index in [1.807, 2.05) is 31.0 Å². The van der Waals surface area contributed by atoms with E-state index in [1.54, 1.807) is 0 Å². The topological polar surface area (TPSA) is 56.8 Å². The predicted molar refractivity (Wildman–Crippen MR) is 137 cm³/mol. The lowest BCUT2D eigenvalue weighted by molar-refractivity contribution is -0.119. The Hall–Kier alpha value is -2.73. The van der Waals surface area contributed by atoms with Crippen LogP contribution in [0.25, 0.3) is 11.1 Å². The van der Waals surface area contributed by atoms with Crippen LogP contribution in [0, 0.1) is 25.7 Å². The highest BCUT2D eigenvalue weighted by Gasteiger charge is 2.34. The number of anilines is 2. The summed E-state index contributed by atoms with van der Waals surface area (Å²) in [5, 5.41) is 0. The van der Waals surface area contributed by atoms with E-state index in [4.69, 9.17) is 4.98 Å². The number of hydrogen-bond acceptors (Lipinski definition) is 5. The summed E-state index contributed by atoms with van der Waals surface area (Å²) >= 11 is 0. The Morgan fingerprint density at radius 1 is 1.09 bits per heavy atom. The summed E-state index contributed by atoms with van der Waals surface area (Å²) in [4.78, 5) is 36.5. The van der Waals surface area contributed by atoms with Gasteiger partial charge in [-0.3, -0.25) is 14.5 Å². The van der Waals surface area contributed by atoms with Crippen LogP contribution in [0.3, 0.4) is 0 Å². The van der Waals surface area contributed by atoms with E-state index in [2.05, 4.69) is 28.9 Å². The van der Waals surface area contributed by atoms with Gasteiger partial charge < -0.3 is 9.80 Å². The number of aldehydes is 1. The molecule has 34 heavy (non-hydrogen) atoms. The van der Waals surface area contributed by atoms with Crippen LogP contribution in [0.1, 0.15) is 54.1 Å². The van der Waals surface area contributed by atoms with E-state index < -0.39 is 0 Å².